The van der Waals surface area contributed by atoms with E-state index in [1.165, 1.54) is 0 Å². The minimum absolute atomic E-state index is 0. The van der Waals surface area contributed by atoms with Gasteiger partial charge in [0.05, 0.1) is 0 Å². The predicted molar refractivity (Wildman–Crippen MR) is 17.8 cm³/mol. The molecule has 0 aliphatic carbocycles. The monoisotopic (exact) mass is 296 g/mol. The van der Waals surface area contributed by atoms with Crippen LogP contribution in [0.1, 0.15) is 0 Å². The van der Waals surface area contributed by atoms with E-state index in [1.807, 2.05) is 0 Å². The van der Waals surface area contributed by atoms with Crippen LogP contribution in [0.25, 0.3) is 0 Å². The molecular weight excluding hydrogens is 291 g/mol. The molecule has 0 aromatic carbocycles. The molecule has 44 valence electrons. The molecule has 0 spiro atoms. The van der Waals surface area contributed by atoms with Gasteiger partial charge in [0.2, 0.25) is 0 Å². The van der Waals surface area contributed by atoms with Crippen LogP contribution < -0.4 is 0 Å². The molecule has 0 saturated heterocycles. The summed E-state index contributed by atoms with van der Waals surface area (Å²) in [5, 5.41) is 0. The Hall–Kier alpha value is 0.700. The van der Waals surface area contributed by atoms with E-state index in [0.29, 0.717) is 0 Å². The average Bonchev–Trinajstić information content (AvgIpc) is 0.722. The second-order valence-electron chi connectivity index (χ2n) is 0.448. The Morgan fingerprint density at radius 2 is 1.14 bits per heavy atom. The Labute approximate surface area is 59.4 Å². The minimum atomic E-state index is -4.67. The van der Waals surface area contributed by atoms with E-state index in [2.05, 4.69) is 0 Å². The van der Waals surface area contributed by atoms with Crippen molar-refractivity contribution in [3.8, 4) is 0 Å². The van der Waals surface area contributed by atoms with Gasteiger partial charge < -0.3 is 5.48 Å². The average molecular weight is 295 g/mol. The molecule has 0 heterocycles. The van der Waals surface area contributed by atoms with E-state index in [1.54, 1.807) is 0 Å². The van der Waals surface area contributed by atoms with E-state index in [-0.39, 0.29) is 31.3 Å². The van der Waals surface area contributed by atoms with Crippen molar-refractivity contribution >= 4 is 10.4 Å². The van der Waals surface area contributed by atoms with Crippen LogP contribution in [0.2, 0.25) is 0 Å². The largest absolute Gasteiger partial charge is 0.412 e. The minimum Gasteiger partial charge on any atom is -0.412 e. The topological polar surface area (TPSA) is 106 Å². The molecule has 7 heavy (non-hydrogen) atoms. The molecule has 0 aromatic rings. The van der Waals surface area contributed by atoms with Gasteiger partial charge in [-0.3, -0.25) is 9.11 Å². The Morgan fingerprint density at radius 1 is 1.14 bits per heavy atom. The SMILES string of the molecule is O.O=S(=O)(O)O.[Hf]. The van der Waals surface area contributed by atoms with Gasteiger partial charge in [-0.1, -0.05) is 0 Å². The molecule has 0 aliphatic rings. The smallest absolute Gasteiger partial charge is 0.394 e. The maximum Gasteiger partial charge on any atom is 0.394 e. The van der Waals surface area contributed by atoms with E-state index in [9.17, 15) is 0 Å². The molecule has 0 saturated carbocycles. The van der Waals surface area contributed by atoms with Crippen molar-refractivity contribution in [2.24, 2.45) is 0 Å². The Balaban J connectivity index is -0.0000000800. The van der Waals surface area contributed by atoms with Gasteiger partial charge in [-0.05, 0) is 0 Å². The zero-order valence-corrected chi connectivity index (χ0v) is 7.53. The summed E-state index contributed by atoms with van der Waals surface area (Å²) in [7, 11) is -4.67. The summed E-state index contributed by atoms with van der Waals surface area (Å²) in [6.45, 7) is 0. The van der Waals surface area contributed by atoms with E-state index < -0.39 is 10.4 Å². The first-order valence-electron chi connectivity index (χ1n) is 0.698. The third-order valence-electron chi connectivity index (χ3n) is 0. The quantitative estimate of drug-likeness (QED) is 0.420. The standard InChI is InChI=1S/Hf.H2O4S.H2O/c;1-5(2,3)4;/h;(H2,1,2,3,4);1H2. The molecule has 0 rings (SSSR count). The van der Waals surface area contributed by atoms with Gasteiger partial charge in [0.15, 0.2) is 0 Å². The zero-order chi connectivity index (χ0) is 4.50. The van der Waals surface area contributed by atoms with Crippen molar-refractivity contribution in [3.63, 3.8) is 0 Å². The predicted octanol–water partition coefficient (Wildman–Crippen LogP) is -1.48. The molecule has 4 N–H and O–H groups in total. The molecule has 0 amide bonds. The fourth-order valence-corrected chi connectivity index (χ4v) is 0. The van der Waals surface area contributed by atoms with Crippen LogP contribution in [0.3, 0.4) is 0 Å². The van der Waals surface area contributed by atoms with Gasteiger partial charge in [-0.25, -0.2) is 0 Å². The van der Waals surface area contributed by atoms with Crippen LogP contribution in [-0.2, 0) is 36.2 Å². The van der Waals surface area contributed by atoms with Crippen LogP contribution >= 0.6 is 0 Å². The maximum atomic E-state index is 8.74. The van der Waals surface area contributed by atoms with Gasteiger partial charge in [-0.2, -0.15) is 8.42 Å². The third-order valence-corrected chi connectivity index (χ3v) is 0. The van der Waals surface area contributed by atoms with Crippen molar-refractivity contribution in [3.05, 3.63) is 0 Å². The van der Waals surface area contributed by atoms with Gasteiger partial charge in [0, 0.05) is 25.8 Å². The van der Waals surface area contributed by atoms with Gasteiger partial charge in [-0.15, -0.1) is 0 Å². The van der Waals surface area contributed by atoms with Crippen LogP contribution in [0.5, 0.6) is 0 Å². The Bertz CT molecular complexity index is 91.2. The molecule has 0 aliphatic heterocycles. The van der Waals surface area contributed by atoms with Gasteiger partial charge in [0.1, 0.15) is 0 Å². The molecule has 0 radical (unpaired) electrons. The summed E-state index contributed by atoms with van der Waals surface area (Å²) in [6.07, 6.45) is 0. The first kappa shape index (κ1) is 15.6. The normalized spacial score (nSPS) is 8.29. The fourth-order valence-electron chi connectivity index (χ4n) is 0. The maximum absolute atomic E-state index is 8.74. The van der Waals surface area contributed by atoms with E-state index in [0.717, 1.165) is 0 Å². The second-order valence-corrected chi connectivity index (χ2v) is 1.34. The van der Waals surface area contributed by atoms with Crippen molar-refractivity contribution < 1.29 is 48.8 Å². The van der Waals surface area contributed by atoms with Crippen LogP contribution in [0.4, 0.5) is 0 Å². The third kappa shape index (κ3) is 302. The van der Waals surface area contributed by atoms with Gasteiger partial charge >= 0.3 is 10.4 Å². The summed E-state index contributed by atoms with van der Waals surface area (Å²) in [6, 6.07) is 0. The second kappa shape index (κ2) is 4.85. The summed E-state index contributed by atoms with van der Waals surface area (Å²) in [5.41, 5.74) is 0. The number of rotatable bonds is 0. The fraction of sp³-hybridized carbons (Fsp3) is 0. The molecule has 0 atom stereocenters. The molecule has 7 heteroatoms. The van der Waals surface area contributed by atoms with Crippen molar-refractivity contribution in [2.75, 3.05) is 0 Å². The van der Waals surface area contributed by atoms with Gasteiger partial charge in [0.25, 0.3) is 0 Å². The summed E-state index contributed by atoms with van der Waals surface area (Å²) < 4.78 is 31.6. The van der Waals surface area contributed by atoms with Crippen molar-refractivity contribution in [2.45, 2.75) is 0 Å². The van der Waals surface area contributed by atoms with E-state index in [4.69, 9.17) is 17.5 Å². The number of hydrogen-bond acceptors (Lipinski definition) is 2. The molecule has 0 aromatic heterocycles. The van der Waals surface area contributed by atoms with Crippen molar-refractivity contribution in [1.29, 1.82) is 0 Å². The molecular formula is H4HfO5S. The summed E-state index contributed by atoms with van der Waals surface area (Å²) in [4.78, 5) is 0. The molecule has 5 nitrogen and oxygen atoms in total. The molecule has 0 unspecified atom stereocenters. The van der Waals surface area contributed by atoms with Crippen LogP contribution in [0, 0.1) is 0 Å². The Morgan fingerprint density at radius 3 is 1.14 bits per heavy atom. The molecule has 0 fully saturated rings. The van der Waals surface area contributed by atoms with Crippen LogP contribution in [0.15, 0.2) is 0 Å². The summed E-state index contributed by atoms with van der Waals surface area (Å²) >= 11 is 0. The van der Waals surface area contributed by atoms with E-state index >= 15 is 0 Å². The summed E-state index contributed by atoms with van der Waals surface area (Å²) in [5.74, 6) is 0. The first-order chi connectivity index (χ1) is 2.00. The first-order valence-corrected chi connectivity index (χ1v) is 2.10. The Kier molecular flexibility index (Phi) is 10.8. The zero-order valence-electron chi connectivity index (χ0n) is 3.12. The van der Waals surface area contributed by atoms with Crippen LogP contribution in [-0.4, -0.2) is 23.0 Å². The van der Waals surface area contributed by atoms with Crippen molar-refractivity contribution in [1.82, 2.24) is 0 Å². The number of hydrogen-bond donors (Lipinski definition) is 2. The molecule has 0 bridgehead atoms.